The normalized spacial score (nSPS) is 10.8. The molecule has 9 rings (SSSR count). The molecule has 0 spiro atoms. The van der Waals surface area contributed by atoms with E-state index in [0.29, 0.717) is 55.0 Å². The molecule has 74 heavy (non-hydrogen) atoms. The summed E-state index contributed by atoms with van der Waals surface area (Å²) in [5.74, 6) is -1.76. The highest BCUT2D eigenvalue weighted by molar-refractivity contribution is 14.1. The third kappa shape index (κ3) is 11.3. The summed E-state index contributed by atoms with van der Waals surface area (Å²) in [4.78, 5) is 74.6. The number of H-pyrrole nitrogens is 1. The summed E-state index contributed by atoms with van der Waals surface area (Å²) < 4.78 is 28.8. The smallest absolute Gasteiger partial charge is 0.325 e. The first-order chi connectivity index (χ1) is 35.4. The zero-order valence-corrected chi connectivity index (χ0v) is 44.3. The number of alkyl halides is 1. The summed E-state index contributed by atoms with van der Waals surface area (Å²) in [6.45, 7) is 3.67. The first-order valence-electron chi connectivity index (χ1n) is 22.0. The molecule has 0 aliphatic rings. The summed E-state index contributed by atoms with van der Waals surface area (Å²) >= 11 is 20.2. The predicted octanol–water partition coefficient (Wildman–Crippen LogP) is 9.73. The van der Waals surface area contributed by atoms with E-state index in [1.165, 1.54) is 44.1 Å². The van der Waals surface area contributed by atoms with Gasteiger partial charge in [-0.05, 0) is 50.2 Å². The second kappa shape index (κ2) is 24.5. The molecule has 0 fully saturated rings. The molecular weight excluding hydrogens is 1140 g/mol. The summed E-state index contributed by atoms with van der Waals surface area (Å²) in [6, 6.07) is 24.3. The number of rotatable bonds is 10. The lowest BCUT2D eigenvalue weighted by Crippen LogP contribution is -2.18. The average molecular weight is 1190 g/mol. The van der Waals surface area contributed by atoms with Gasteiger partial charge in [0, 0.05) is 39.9 Å². The van der Waals surface area contributed by atoms with Crippen molar-refractivity contribution in [2.45, 2.75) is 26.9 Å². The topological polar surface area (TPSA) is 255 Å². The molecule has 9 aromatic rings. The van der Waals surface area contributed by atoms with E-state index in [2.05, 4.69) is 9.72 Å². The van der Waals surface area contributed by atoms with Gasteiger partial charge in [0.2, 0.25) is 16.3 Å². The molecule has 18 nitrogen and oxygen atoms in total. The number of esters is 2. The number of carbonyl (C=O) groups is 3. The third-order valence-corrected chi connectivity index (χ3v) is 12.5. The zero-order valence-electron chi connectivity index (χ0n) is 39.9. The van der Waals surface area contributed by atoms with E-state index in [0.717, 1.165) is 0 Å². The molecule has 0 amide bonds. The van der Waals surface area contributed by atoms with Crippen molar-refractivity contribution in [2.75, 3.05) is 39.0 Å². The number of phenolic OH excluding ortho intramolecular Hbond substituents is 3. The van der Waals surface area contributed by atoms with Crippen molar-refractivity contribution in [3.8, 4) is 34.5 Å². The number of hydrogen-bond acceptors (Lipinski definition) is 14. The van der Waals surface area contributed by atoms with Crippen LogP contribution in [-0.4, -0.2) is 91.4 Å². The maximum Gasteiger partial charge on any atom is 0.325 e. The van der Waals surface area contributed by atoms with Gasteiger partial charge in [0.1, 0.15) is 41.4 Å². The molecule has 0 bridgehead atoms. The number of methoxy groups -OCH3 is 3. The van der Waals surface area contributed by atoms with Crippen molar-refractivity contribution in [2.24, 2.45) is 0 Å². The van der Waals surface area contributed by atoms with Crippen LogP contribution in [0.25, 0.3) is 65.4 Å². The van der Waals surface area contributed by atoms with Crippen LogP contribution in [0.15, 0.2) is 105 Å². The number of aromatic hydroxyl groups is 3. The van der Waals surface area contributed by atoms with Crippen LogP contribution >= 0.6 is 57.4 Å². The van der Waals surface area contributed by atoms with Gasteiger partial charge in [-0.3, -0.25) is 28.8 Å². The van der Waals surface area contributed by atoms with Gasteiger partial charge >= 0.3 is 17.9 Å². The average Bonchev–Trinajstić information content (AvgIpc) is 3.37. The Balaban J connectivity index is 0.000000171. The minimum Gasteiger partial charge on any atom is -0.507 e. The molecule has 3 heterocycles. The molecule has 5 N–H and O–H groups in total. The molecule has 0 unspecified atom stereocenters. The van der Waals surface area contributed by atoms with E-state index >= 15 is 0 Å². The number of aromatic amines is 1. The minimum absolute atomic E-state index is 0.0220. The van der Waals surface area contributed by atoms with Gasteiger partial charge in [0.05, 0.1) is 86.7 Å². The van der Waals surface area contributed by atoms with Gasteiger partial charge in [-0.2, -0.15) is 0 Å². The van der Waals surface area contributed by atoms with Crippen molar-refractivity contribution in [1.29, 1.82) is 0 Å². The number of carboxylic acids is 1. The largest absolute Gasteiger partial charge is 0.507 e. The number of hydrogen-bond donors (Lipinski definition) is 5. The van der Waals surface area contributed by atoms with Crippen LogP contribution in [0.1, 0.15) is 13.8 Å². The van der Waals surface area contributed by atoms with Crippen LogP contribution in [0.2, 0.25) is 15.1 Å². The van der Waals surface area contributed by atoms with Crippen molar-refractivity contribution in [3.05, 3.63) is 137 Å². The molecular formula is C52H45Cl3IN3O15. The number of nitrogens with zero attached hydrogens (tertiary/aromatic N) is 2. The molecule has 0 atom stereocenters. The second-order valence-electron chi connectivity index (χ2n) is 15.4. The predicted molar refractivity (Wildman–Crippen MR) is 293 cm³/mol. The lowest BCUT2D eigenvalue weighted by molar-refractivity contribution is -0.143. The molecule has 386 valence electrons. The Morgan fingerprint density at radius 3 is 1.39 bits per heavy atom. The number of phenols is 3. The number of para-hydroxylation sites is 3. The fraction of sp³-hybridized carbons (Fsp3) is 0.192. The Hall–Kier alpha value is -7.46. The van der Waals surface area contributed by atoms with Crippen LogP contribution in [0, 0.1) is 0 Å². The monoisotopic (exact) mass is 1180 g/mol. The molecule has 0 aliphatic carbocycles. The standard InChI is InChI=1S/C18H16ClNO5.C16H12ClNO5.C14H10ClNO3.C4H7IO2/c1-3-25-14(22)9-20-12-7-5-4-6-10(12)17(23)15-13(21)8-11(19)18(24-2)16(15)20;1-23-16-9(17)6-11(19)13-14(16)18(7-12(20)21)10-5-3-2-4-8(10)15(13)22;1-19-14-8(15)6-10(17)11-12(14)16-9-5-3-2-4-7(9)13(11)18;1-2-7-4(6)3-5/h4-8,21H,3,9H2,1-2H3;2-6,19H,7H2,1H3,(H,20,21);2-6,17H,1H3,(H,16,18);2-3H2,1H3. The van der Waals surface area contributed by atoms with Crippen LogP contribution in [0.5, 0.6) is 34.5 Å². The summed E-state index contributed by atoms with van der Waals surface area (Å²) in [7, 11) is 4.24. The Morgan fingerprint density at radius 2 is 0.959 bits per heavy atom. The van der Waals surface area contributed by atoms with Crippen molar-refractivity contribution >= 4 is 141 Å². The number of nitrogens with one attached hydrogen (secondary N) is 1. The van der Waals surface area contributed by atoms with Gasteiger partial charge in [0.15, 0.2) is 17.2 Å². The van der Waals surface area contributed by atoms with E-state index in [-0.39, 0.29) is 101 Å². The molecule has 0 saturated carbocycles. The SMILES string of the molecule is CCOC(=O)CI.CCOC(=O)Cn1c2ccccc2c(=O)c2c(O)cc(Cl)c(OC)c21.COc1c(Cl)cc(O)c2c(=O)c3ccccc3[nH]c12.COc1c(Cl)cc(O)c2c(=O)c3ccccc3n(CC(=O)O)c12. The number of benzene rings is 6. The fourth-order valence-corrected chi connectivity index (χ4v) is 9.14. The quantitative estimate of drug-likeness (QED) is 0.0370. The lowest BCUT2D eigenvalue weighted by Gasteiger charge is -2.18. The molecule has 6 aromatic carbocycles. The maximum atomic E-state index is 12.9. The number of aliphatic carboxylic acids is 1. The highest BCUT2D eigenvalue weighted by Gasteiger charge is 2.24. The molecule has 0 radical (unpaired) electrons. The number of carbonyl (C=O) groups excluding carboxylic acids is 2. The minimum atomic E-state index is -1.10. The Labute approximate surface area is 447 Å². The Bertz CT molecular complexity index is 3840. The Kier molecular flexibility index (Phi) is 18.5. The van der Waals surface area contributed by atoms with Crippen LogP contribution in [0.3, 0.4) is 0 Å². The van der Waals surface area contributed by atoms with Crippen LogP contribution in [-0.2, 0) is 36.9 Å². The van der Waals surface area contributed by atoms with Crippen molar-refractivity contribution in [3.63, 3.8) is 0 Å². The van der Waals surface area contributed by atoms with E-state index < -0.39 is 23.9 Å². The van der Waals surface area contributed by atoms with E-state index in [4.69, 9.17) is 53.8 Å². The van der Waals surface area contributed by atoms with Crippen LogP contribution in [0.4, 0.5) is 0 Å². The van der Waals surface area contributed by atoms with E-state index in [9.17, 15) is 49.2 Å². The van der Waals surface area contributed by atoms with E-state index in [1.807, 2.05) is 28.7 Å². The van der Waals surface area contributed by atoms with Gasteiger partial charge in [-0.15, -0.1) is 0 Å². The highest BCUT2D eigenvalue weighted by Crippen LogP contribution is 2.41. The number of aromatic nitrogens is 3. The first kappa shape index (κ1) is 55.8. The van der Waals surface area contributed by atoms with Gasteiger partial charge in [0.25, 0.3) is 0 Å². The number of halogens is 4. The lowest BCUT2D eigenvalue weighted by atomic mass is 10.1. The number of fused-ring (bicyclic) bond motifs is 6. The fourth-order valence-electron chi connectivity index (χ4n) is 8.10. The third-order valence-electron chi connectivity index (χ3n) is 11.0. The summed E-state index contributed by atoms with van der Waals surface area (Å²) in [5.41, 5.74) is 1.39. The second-order valence-corrected chi connectivity index (χ2v) is 17.4. The van der Waals surface area contributed by atoms with Gasteiger partial charge < -0.3 is 58.2 Å². The zero-order chi connectivity index (χ0) is 54.1. The molecule has 3 aromatic heterocycles. The van der Waals surface area contributed by atoms with Crippen molar-refractivity contribution in [1.82, 2.24) is 14.1 Å². The van der Waals surface area contributed by atoms with E-state index in [1.54, 1.807) is 85.1 Å². The molecule has 0 aliphatic heterocycles. The maximum absolute atomic E-state index is 12.9. The highest BCUT2D eigenvalue weighted by atomic mass is 127. The Morgan fingerprint density at radius 1 is 0.568 bits per heavy atom. The van der Waals surface area contributed by atoms with Gasteiger partial charge in [-0.25, -0.2) is 0 Å². The van der Waals surface area contributed by atoms with Gasteiger partial charge in [-0.1, -0.05) is 93.8 Å². The van der Waals surface area contributed by atoms with Crippen LogP contribution < -0.4 is 30.5 Å². The summed E-state index contributed by atoms with van der Waals surface area (Å²) in [6.07, 6.45) is 0. The number of pyridine rings is 3. The summed E-state index contributed by atoms with van der Waals surface area (Å²) in [5, 5.41) is 41.5. The molecule has 22 heteroatoms. The molecule has 0 saturated heterocycles. The number of ether oxygens (including phenoxy) is 5. The van der Waals surface area contributed by atoms with Crippen molar-refractivity contribution < 1.29 is 58.5 Å². The number of carboxylic acid groups (broad SMARTS) is 1. The first-order valence-corrected chi connectivity index (χ1v) is 24.7.